The monoisotopic (exact) mass is 450 g/mol. The summed E-state index contributed by atoms with van der Waals surface area (Å²) in [5.74, 6) is 7.79. The van der Waals surface area contributed by atoms with E-state index < -0.39 is 0 Å². The van der Waals surface area contributed by atoms with E-state index in [9.17, 15) is 0 Å². The molecular weight excluding hydrogens is 408 g/mol. The SMILES string of the molecule is C=C/C=C(C(=NC)NN)\C(=C/C)c1ccc(C(C)N=C(CCCC)N=C(N)CCCC)cc1. The number of unbranched alkanes of at least 4 members (excludes halogenated alkanes) is 2. The number of allylic oxidation sites excluding steroid dienone is 3. The summed E-state index contributed by atoms with van der Waals surface area (Å²) in [4.78, 5) is 13.8. The predicted octanol–water partition coefficient (Wildman–Crippen LogP) is 5.89. The first-order valence-electron chi connectivity index (χ1n) is 11.9. The van der Waals surface area contributed by atoms with Crippen molar-refractivity contribution < 1.29 is 0 Å². The molecule has 5 N–H and O–H groups in total. The lowest BCUT2D eigenvalue weighted by Gasteiger charge is -2.15. The summed E-state index contributed by atoms with van der Waals surface area (Å²) < 4.78 is 0. The molecule has 1 rings (SSSR count). The molecule has 1 unspecified atom stereocenters. The third-order valence-corrected chi connectivity index (χ3v) is 5.34. The standard InChI is InChI=1S/C27H42N6/c1-7-11-14-25(28)32-26(15-12-8-2)31-20(5)21-16-18-22(19-17-21)23(10-4)24(13-9-3)27(30-6)33-29/h9-10,13,16-20H,3,7-8,11-12,14-15,29H2,1-2,4-6H3,(H,30,33)(H2,28,31,32)/b23-10-,24-13+. The fraction of sp³-hybridized carbons (Fsp3) is 0.444. The largest absolute Gasteiger partial charge is 0.387 e. The van der Waals surface area contributed by atoms with Gasteiger partial charge in [0.05, 0.1) is 6.04 Å². The Morgan fingerprint density at radius 2 is 1.76 bits per heavy atom. The molecule has 0 saturated heterocycles. The normalized spacial score (nSPS) is 14.9. The second-order valence-corrected chi connectivity index (χ2v) is 7.89. The summed E-state index contributed by atoms with van der Waals surface area (Å²) >= 11 is 0. The van der Waals surface area contributed by atoms with Gasteiger partial charge in [-0.2, -0.15) is 0 Å². The Kier molecular flexibility index (Phi) is 13.4. The Morgan fingerprint density at radius 3 is 2.27 bits per heavy atom. The Balaban J connectivity index is 3.20. The van der Waals surface area contributed by atoms with Crippen molar-refractivity contribution in [2.24, 2.45) is 26.6 Å². The number of nitrogens with zero attached hydrogens (tertiary/aromatic N) is 3. The van der Waals surface area contributed by atoms with Crippen LogP contribution in [0.3, 0.4) is 0 Å². The summed E-state index contributed by atoms with van der Waals surface area (Å²) in [6, 6.07) is 8.41. The Bertz CT molecular complexity index is 888. The molecule has 6 heteroatoms. The number of amidine groups is 3. The molecule has 1 aromatic carbocycles. The van der Waals surface area contributed by atoms with Gasteiger partial charge in [0.25, 0.3) is 0 Å². The van der Waals surface area contributed by atoms with Crippen molar-refractivity contribution in [1.82, 2.24) is 5.43 Å². The molecule has 0 spiro atoms. The summed E-state index contributed by atoms with van der Waals surface area (Å²) in [7, 11) is 1.70. The van der Waals surface area contributed by atoms with Crippen molar-refractivity contribution in [3.05, 3.63) is 65.8 Å². The maximum Gasteiger partial charge on any atom is 0.142 e. The summed E-state index contributed by atoms with van der Waals surface area (Å²) in [5.41, 5.74) is 12.9. The molecule has 0 amide bonds. The minimum Gasteiger partial charge on any atom is -0.387 e. The Labute approximate surface area is 200 Å². The number of aliphatic imine (C=N–C) groups is 3. The van der Waals surface area contributed by atoms with E-state index >= 15 is 0 Å². The minimum atomic E-state index is -0.00986. The molecule has 0 aliphatic rings. The molecule has 0 aliphatic carbocycles. The highest BCUT2D eigenvalue weighted by Gasteiger charge is 2.13. The lowest BCUT2D eigenvalue weighted by Crippen LogP contribution is -2.32. The molecule has 0 radical (unpaired) electrons. The van der Waals surface area contributed by atoms with E-state index in [-0.39, 0.29) is 6.04 Å². The molecule has 1 atom stereocenters. The van der Waals surface area contributed by atoms with Gasteiger partial charge in [0.1, 0.15) is 17.5 Å². The van der Waals surface area contributed by atoms with Crippen LogP contribution in [0.1, 0.15) is 83.4 Å². The maximum atomic E-state index is 6.14. The van der Waals surface area contributed by atoms with Gasteiger partial charge in [-0.15, -0.1) is 0 Å². The van der Waals surface area contributed by atoms with Crippen LogP contribution in [0, 0.1) is 0 Å². The molecular formula is C27H42N6. The van der Waals surface area contributed by atoms with Gasteiger partial charge in [0, 0.05) is 25.5 Å². The van der Waals surface area contributed by atoms with Gasteiger partial charge in [0.2, 0.25) is 0 Å². The summed E-state index contributed by atoms with van der Waals surface area (Å²) in [6.45, 7) is 12.2. The molecule has 1 aromatic rings. The van der Waals surface area contributed by atoms with Crippen LogP contribution in [-0.4, -0.2) is 24.6 Å². The first-order chi connectivity index (χ1) is 15.9. The Morgan fingerprint density at radius 1 is 1.12 bits per heavy atom. The average Bonchev–Trinajstić information content (AvgIpc) is 2.82. The first-order valence-corrected chi connectivity index (χ1v) is 11.9. The van der Waals surface area contributed by atoms with Crippen LogP contribution in [0.5, 0.6) is 0 Å². The van der Waals surface area contributed by atoms with E-state index in [0.717, 1.165) is 66.6 Å². The van der Waals surface area contributed by atoms with Crippen LogP contribution >= 0.6 is 0 Å². The number of hydrogen-bond acceptors (Lipinski definition) is 3. The summed E-state index contributed by atoms with van der Waals surface area (Å²) in [6.07, 6.45) is 11.6. The maximum absolute atomic E-state index is 6.14. The van der Waals surface area contributed by atoms with Crippen LogP contribution in [0.4, 0.5) is 0 Å². The third kappa shape index (κ3) is 9.18. The van der Waals surface area contributed by atoms with E-state index in [1.807, 2.05) is 19.1 Å². The molecule has 180 valence electrons. The van der Waals surface area contributed by atoms with Gasteiger partial charge in [-0.3, -0.25) is 9.98 Å². The zero-order chi connectivity index (χ0) is 24.6. The van der Waals surface area contributed by atoms with Crippen LogP contribution in [0.15, 0.2) is 69.6 Å². The molecule has 6 nitrogen and oxygen atoms in total. The molecule has 0 fully saturated rings. The van der Waals surface area contributed by atoms with Gasteiger partial charge in [0.15, 0.2) is 0 Å². The number of hydrogen-bond donors (Lipinski definition) is 3. The average molecular weight is 451 g/mol. The minimum absolute atomic E-state index is 0.00986. The van der Waals surface area contributed by atoms with Crippen molar-refractivity contribution in [2.75, 3.05) is 7.05 Å². The lowest BCUT2D eigenvalue weighted by molar-refractivity contribution is 0.783. The second kappa shape index (κ2) is 15.8. The van der Waals surface area contributed by atoms with E-state index in [2.05, 4.69) is 67.0 Å². The van der Waals surface area contributed by atoms with Gasteiger partial charge in [-0.1, -0.05) is 75.8 Å². The molecule has 33 heavy (non-hydrogen) atoms. The van der Waals surface area contributed by atoms with Gasteiger partial charge in [-0.25, -0.2) is 10.8 Å². The van der Waals surface area contributed by atoms with Crippen LogP contribution in [0.25, 0.3) is 5.57 Å². The molecule has 0 bridgehead atoms. The highest BCUT2D eigenvalue weighted by atomic mass is 15.2. The molecule has 0 heterocycles. The highest BCUT2D eigenvalue weighted by Crippen LogP contribution is 2.26. The zero-order valence-electron chi connectivity index (χ0n) is 21.1. The first kappa shape index (κ1) is 28.0. The molecule has 0 saturated carbocycles. The van der Waals surface area contributed by atoms with Gasteiger partial charge < -0.3 is 11.2 Å². The fourth-order valence-electron chi connectivity index (χ4n) is 3.46. The van der Waals surface area contributed by atoms with Crippen molar-refractivity contribution >= 4 is 23.1 Å². The fourth-order valence-corrected chi connectivity index (χ4v) is 3.46. The van der Waals surface area contributed by atoms with Crippen molar-refractivity contribution in [2.45, 2.75) is 72.3 Å². The molecule has 0 aliphatic heterocycles. The predicted molar refractivity (Wildman–Crippen MR) is 146 cm³/mol. The number of benzene rings is 1. The van der Waals surface area contributed by atoms with Crippen molar-refractivity contribution in [3.8, 4) is 0 Å². The van der Waals surface area contributed by atoms with E-state index in [4.69, 9.17) is 16.6 Å². The van der Waals surface area contributed by atoms with E-state index in [1.54, 1.807) is 13.1 Å². The van der Waals surface area contributed by atoms with E-state index in [0.29, 0.717) is 11.7 Å². The molecule has 0 aromatic heterocycles. The van der Waals surface area contributed by atoms with Crippen LogP contribution < -0.4 is 17.0 Å². The lowest BCUT2D eigenvalue weighted by atomic mass is 9.94. The van der Waals surface area contributed by atoms with E-state index in [1.165, 1.54) is 0 Å². The van der Waals surface area contributed by atoms with Crippen molar-refractivity contribution in [1.29, 1.82) is 0 Å². The number of rotatable bonds is 12. The van der Waals surface area contributed by atoms with Crippen molar-refractivity contribution in [3.63, 3.8) is 0 Å². The zero-order valence-corrected chi connectivity index (χ0v) is 21.1. The topological polar surface area (TPSA) is 101 Å². The van der Waals surface area contributed by atoms with Gasteiger partial charge in [-0.05, 0) is 43.4 Å². The highest BCUT2D eigenvalue weighted by molar-refractivity contribution is 6.12. The second-order valence-electron chi connectivity index (χ2n) is 7.89. The number of nitrogens with two attached hydrogens (primary N) is 2. The van der Waals surface area contributed by atoms with Gasteiger partial charge >= 0.3 is 0 Å². The third-order valence-electron chi connectivity index (χ3n) is 5.34. The summed E-state index contributed by atoms with van der Waals surface area (Å²) in [5, 5.41) is 0. The smallest absolute Gasteiger partial charge is 0.142 e. The Hall–Kier alpha value is -2.99. The number of hydrazine groups is 1. The van der Waals surface area contributed by atoms with Crippen LogP contribution in [0.2, 0.25) is 0 Å². The number of nitrogens with one attached hydrogen (secondary N) is 1. The van der Waals surface area contributed by atoms with Crippen LogP contribution in [-0.2, 0) is 0 Å². The quantitative estimate of drug-likeness (QED) is 0.122.